The molecule has 0 aliphatic heterocycles. The van der Waals surface area contributed by atoms with Gasteiger partial charge in [0.2, 0.25) is 0 Å². The van der Waals surface area contributed by atoms with Crippen LogP contribution in [0, 0.1) is 5.41 Å². The van der Waals surface area contributed by atoms with Gasteiger partial charge in [0.15, 0.2) is 0 Å². The van der Waals surface area contributed by atoms with Crippen molar-refractivity contribution >= 4 is 0 Å². The molecule has 0 heteroatoms. The Bertz CT molecular complexity index is 362. The Morgan fingerprint density at radius 1 is 0.957 bits per heavy atom. The van der Waals surface area contributed by atoms with E-state index in [9.17, 15) is 0 Å². The van der Waals surface area contributed by atoms with Crippen molar-refractivity contribution in [3.05, 3.63) is 35.4 Å². The molecule has 0 heterocycles. The van der Waals surface area contributed by atoms with Gasteiger partial charge < -0.3 is 0 Å². The van der Waals surface area contributed by atoms with E-state index in [1.165, 1.54) is 38.5 Å². The van der Waals surface area contributed by atoms with Crippen LogP contribution < -0.4 is 0 Å². The van der Waals surface area contributed by atoms with Crippen molar-refractivity contribution in [1.29, 1.82) is 0 Å². The monoisotopic (exact) mass is 320 g/mol. The molecule has 0 spiro atoms. The van der Waals surface area contributed by atoms with Crippen molar-refractivity contribution in [2.75, 3.05) is 0 Å². The summed E-state index contributed by atoms with van der Waals surface area (Å²) in [7, 11) is 0. The highest BCUT2D eigenvalue weighted by molar-refractivity contribution is 5.31. The minimum absolute atomic E-state index is 0.481. The van der Waals surface area contributed by atoms with Crippen LogP contribution in [-0.2, 0) is 6.42 Å². The molecule has 0 bridgehead atoms. The van der Waals surface area contributed by atoms with Crippen LogP contribution in [0.15, 0.2) is 24.3 Å². The fourth-order valence-electron chi connectivity index (χ4n) is 3.10. The highest BCUT2D eigenvalue weighted by atomic mass is 14.3. The van der Waals surface area contributed by atoms with Crippen LogP contribution in [0.3, 0.4) is 0 Å². The Hall–Kier alpha value is -0.780. The Balaban J connectivity index is 0. The molecule has 0 amide bonds. The second-order valence-electron chi connectivity index (χ2n) is 6.74. The van der Waals surface area contributed by atoms with Crippen LogP contribution in [0.25, 0.3) is 0 Å². The fraction of sp³-hybridized carbons (Fsp3) is 0.739. The maximum absolute atomic E-state index is 2.41. The van der Waals surface area contributed by atoms with E-state index in [1.807, 2.05) is 27.7 Å². The number of hydrogen-bond donors (Lipinski definition) is 0. The number of hydrogen-bond acceptors (Lipinski definition) is 0. The average molecular weight is 321 g/mol. The third kappa shape index (κ3) is 9.84. The molecule has 1 atom stereocenters. The lowest BCUT2D eigenvalue weighted by Gasteiger charge is -2.31. The van der Waals surface area contributed by atoms with Crippen LogP contribution in [0.5, 0.6) is 0 Å². The summed E-state index contributed by atoms with van der Waals surface area (Å²) < 4.78 is 0. The van der Waals surface area contributed by atoms with Crippen LogP contribution in [0.2, 0.25) is 0 Å². The minimum Gasteiger partial charge on any atom is -0.0683 e. The fourth-order valence-corrected chi connectivity index (χ4v) is 3.10. The lowest BCUT2D eigenvalue weighted by molar-refractivity contribution is 0.302. The first-order valence-electron chi connectivity index (χ1n) is 10.1. The SMILES string of the molecule is CC.CC.CCC.CCC1CCCC(C)(C)Cc2ccccc21. The van der Waals surface area contributed by atoms with Gasteiger partial charge in [0, 0.05) is 0 Å². The van der Waals surface area contributed by atoms with E-state index in [-0.39, 0.29) is 0 Å². The molecule has 2 rings (SSSR count). The predicted molar refractivity (Wildman–Crippen MR) is 109 cm³/mol. The van der Waals surface area contributed by atoms with E-state index in [0.717, 1.165) is 5.92 Å². The summed E-state index contributed by atoms with van der Waals surface area (Å²) in [6.07, 6.45) is 7.92. The molecule has 0 aromatic heterocycles. The van der Waals surface area contributed by atoms with Crippen LogP contribution >= 0.6 is 0 Å². The van der Waals surface area contributed by atoms with Crippen molar-refractivity contribution in [3.8, 4) is 0 Å². The zero-order valence-electron chi connectivity index (χ0n) is 17.6. The smallest absolute Gasteiger partial charge is 0.0162 e. The van der Waals surface area contributed by atoms with Gasteiger partial charge in [0.05, 0.1) is 0 Å². The first-order chi connectivity index (χ1) is 11.0. The molecule has 0 N–H and O–H groups in total. The van der Waals surface area contributed by atoms with E-state index < -0.39 is 0 Å². The third-order valence-electron chi connectivity index (χ3n) is 4.06. The standard InChI is InChI=1S/C16H24.C3H8.2C2H6/c1-4-13-9-7-11-16(2,3)12-14-8-5-6-10-15(13)14;1-3-2;2*1-2/h5-6,8,10,13H,4,7,9,11-12H2,1-3H3;3H2,1-2H3;2*1-2H3. The summed E-state index contributed by atoms with van der Waals surface area (Å²) >= 11 is 0. The van der Waals surface area contributed by atoms with Gasteiger partial charge in [-0.05, 0) is 48.1 Å². The van der Waals surface area contributed by atoms with Gasteiger partial charge in [-0.25, -0.2) is 0 Å². The molecule has 1 aromatic rings. The third-order valence-corrected chi connectivity index (χ3v) is 4.06. The highest BCUT2D eigenvalue weighted by Gasteiger charge is 2.24. The Kier molecular flexibility index (Phi) is 15.7. The molecule has 0 radical (unpaired) electrons. The van der Waals surface area contributed by atoms with E-state index in [4.69, 9.17) is 0 Å². The summed E-state index contributed by atoms with van der Waals surface area (Å²) in [5.41, 5.74) is 3.70. The van der Waals surface area contributed by atoms with Crippen molar-refractivity contribution in [2.45, 2.75) is 107 Å². The van der Waals surface area contributed by atoms with Crippen molar-refractivity contribution in [3.63, 3.8) is 0 Å². The number of benzene rings is 1. The second-order valence-corrected chi connectivity index (χ2v) is 6.74. The van der Waals surface area contributed by atoms with Crippen molar-refractivity contribution < 1.29 is 0 Å². The van der Waals surface area contributed by atoms with Crippen LogP contribution in [0.4, 0.5) is 0 Å². The maximum Gasteiger partial charge on any atom is -0.0162 e. The van der Waals surface area contributed by atoms with E-state index in [1.54, 1.807) is 11.1 Å². The zero-order chi connectivity index (χ0) is 18.3. The molecule has 0 nitrogen and oxygen atoms in total. The highest BCUT2D eigenvalue weighted by Crippen LogP contribution is 2.38. The molecule has 1 aromatic carbocycles. The van der Waals surface area contributed by atoms with Gasteiger partial charge in [-0.3, -0.25) is 0 Å². The molecule has 1 unspecified atom stereocenters. The van der Waals surface area contributed by atoms with Gasteiger partial charge in [0.1, 0.15) is 0 Å². The van der Waals surface area contributed by atoms with Gasteiger partial charge in [0.25, 0.3) is 0 Å². The molecule has 1 aliphatic rings. The van der Waals surface area contributed by atoms with Gasteiger partial charge >= 0.3 is 0 Å². The molecule has 0 saturated heterocycles. The Morgan fingerprint density at radius 3 is 2.00 bits per heavy atom. The summed E-state index contributed by atoms with van der Waals surface area (Å²) in [5, 5.41) is 0. The molecule has 0 fully saturated rings. The van der Waals surface area contributed by atoms with Gasteiger partial charge in [-0.15, -0.1) is 0 Å². The van der Waals surface area contributed by atoms with Crippen molar-refractivity contribution in [2.24, 2.45) is 5.41 Å². The molecular formula is C23H44. The summed E-state index contributed by atoms with van der Waals surface area (Å²) in [4.78, 5) is 0. The Labute approximate surface area is 148 Å². The number of rotatable bonds is 1. The molecule has 0 saturated carbocycles. The first-order valence-corrected chi connectivity index (χ1v) is 10.1. The molecular weight excluding hydrogens is 276 g/mol. The van der Waals surface area contributed by atoms with E-state index in [0.29, 0.717) is 5.41 Å². The van der Waals surface area contributed by atoms with E-state index >= 15 is 0 Å². The minimum atomic E-state index is 0.481. The summed E-state index contributed by atoms with van der Waals surface area (Å²) in [5.74, 6) is 0.798. The van der Waals surface area contributed by atoms with Crippen LogP contribution in [0.1, 0.15) is 111 Å². The van der Waals surface area contributed by atoms with Crippen LogP contribution in [-0.4, -0.2) is 0 Å². The topological polar surface area (TPSA) is 0 Å². The van der Waals surface area contributed by atoms with E-state index in [2.05, 4.69) is 58.9 Å². The molecule has 136 valence electrons. The summed E-state index contributed by atoms with van der Waals surface area (Å²) in [6.45, 7) is 19.4. The molecule has 1 aliphatic carbocycles. The van der Waals surface area contributed by atoms with Gasteiger partial charge in [-0.1, -0.05) is 99.4 Å². The van der Waals surface area contributed by atoms with Gasteiger partial charge in [-0.2, -0.15) is 0 Å². The largest absolute Gasteiger partial charge is 0.0683 e. The molecule has 23 heavy (non-hydrogen) atoms. The average Bonchev–Trinajstić information content (AvgIpc) is 2.55. The lowest BCUT2D eigenvalue weighted by atomic mass is 9.74. The number of fused-ring (bicyclic) bond motifs is 1. The quantitative estimate of drug-likeness (QED) is 0.487. The summed E-state index contributed by atoms with van der Waals surface area (Å²) in [6, 6.07) is 9.09. The van der Waals surface area contributed by atoms with Crippen molar-refractivity contribution in [1.82, 2.24) is 0 Å². The second kappa shape index (κ2) is 14.8. The Morgan fingerprint density at radius 2 is 1.48 bits per heavy atom. The first kappa shape index (κ1) is 24.5. The predicted octanol–water partition coefficient (Wildman–Crippen LogP) is 8.40. The zero-order valence-corrected chi connectivity index (χ0v) is 17.6. The lowest BCUT2D eigenvalue weighted by Crippen LogP contribution is -2.19. The normalized spacial score (nSPS) is 18.2. The maximum atomic E-state index is 2.41.